The van der Waals surface area contributed by atoms with E-state index in [1.54, 1.807) is 12.1 Å². The van der Waals surface area contributed by atoms with Crippen molar-refractivity contribution in [2.24, 2.45) is 5.92 Å². The van der Waals surface area contributed by atoms with Gasteiger partial charge in [0.25, 0.3) is 5.91 Å². The molecule has 3 N–H and O–H groups in total. The molecule has 0 spiro atoms. The molecule has 0 heterocycles. The fourth-order valence-electron chi connectivity index (χ4n) is 1.29. The summed E-state index contributed by atoms with van der Waals surface area (Å²) in [5.41, 5.74) is 5.81. The zero-order chi connectivity index (χ0) is 13.4. The molecule has 0 aliphatic rings. The van der Waals surface area contributed by atoms with Crippen LogP contribution in [0.4, 0.5) is 0 Å². The van der Waals surface area contributed by atoms with E-state index < -0.39 is 0 Å². The fourth-order valence-corrected chi connectivity index (χ4v) is 1.45. The van der Waals surface area contributed by atoms with Crippen molar-refractivity contribution in [3.8, 4) is 0 Å². The maximum atomic E-state index is 11.7. The topological polar surface area (TPSA) is 53.2 Å². The highest BCUT2D eigenvalue weighted by Gasteiger charge is 2.04. The van der Waals surface area contributed by atoms with Gasteiger partial charge in [0, 0.05) is 12.1 Å². The average Bonchev–Trinajstić information content (AvgIpc) is 2.36. The quantitative estimate of drug-likeness (QED) is 0.574. The van der Waals surface area contributed by atoms with E-state index in [0.717, 1.165) is 13.0 Å². The predicted octanol–water partition coefficient (Wildman–Crippen LogP) is 1.84. The summed E-state index contributed by atoms with van der Waals surface area (Å²) in [5, 5.41) is 3.46. The van der Waals surface area contributed by atoms with Crippen LogP contribution >= 0.6 is 12.2 Å². The first kappa shape index (κ1) is 14.4. The molecule has 0 saturated heterocycles. The molecule has 0 aromatic heterocycles. The van der Waals surface area contributed by atoms with Gasteiger partial charge < -0.3 is 5.32 Å². The summed E-state index contributed by atoms with van der Waals surface area (Å²) in [4.78, 5) is 11.7. The van der Waals surface area contributed by atoms with Crippen molar-refractivity contribution in [1.29, 1.82) is 0 Å². The van der Waals surface area contributed by atoms with Crippen LogP contribution in [0.25, 0.3) is 0 Å². The number of carbonyl (C=O) groups excluding carboxylic acids is 1. The molecule has 0 bridgehead atoms. The Balaban J connectivity index is 2.24. The molecule has 0 atom stereocenters. The van der Waals surface area contributed by atoms with Gasteiger partial charge in [-0.25, -0.2) is 0 Å². The third-order valence-corrected chi connectivity index (χ3v) is 2.58. The maximum absolute atomic E-state index is 11.7. The Hall–Kier alpha value is -1.62. The molecule has 1 aromatic rings. The molecular weight excluding hydrogens is 246 g/mol. The molecule has 1 rings (SSSR count). The molecule has 0 radical (unpaired) electrons. The van der Waals surface area contributed by atoms with Crippen molar-refractivity contribution in [2.75, 3.05) is 6.54 Å². The van der Waals surface area contributed by atoms with Crippen molar-refractivity contribution in [3.63, 3.8) is 0 Å². The molecule has 4 nitrogen and oxygen atoms in total. The van der Waals surface area contributed by atoms with Crippen LogP contribution < -0.4 is 16.2 Å². The van der Waals surface area contributed by atoms with Crippen molar-refractivity contribution in [2.45, 2.75) is 20.3 Å². The number of hydrogen-bond donors (Lipinski definition) is 3. The van der Waals surface area contributed by atoms with E-state index in [4.69, 9.17) is 12.2 Å². The Labute approximate surface area is 113 Å². The summed E-state index contributed by atoms with van der Waals surface area (Å²) >= 11 is 5.04. The number of rotatable bonds is 4. The molecule has 5 heteroatoms. The maximum Gasteiger partial charge on any atom is 0.269 e. The van der Waals surface area contributed by atoms with E-state index >= 15 is 0 Å². The molecule has 0 aliphatic heterocycles. The zero-order valence-electron chi connectivity index (χ0n) is 10.7. The van der Waals surface area contributed by atoms with Crippen LogP contribution in [0.3, 0.4) is 0 Å². The molecule has 0 aliphatic carbocycles. The van der Waals surface area contributed by atoms with E-state index in [0.29, 0.717) is 16.6 Å². The summed E-state index contributed by atoms with van der Waals surface area (Å²) < 4.78 is 0. The monoisotopic (exact) mass is 265 g/mol. The number of hydrogen-bond acceptors (Lipinski definition) is 2. The van der Waals surface area contributed by atoms with Crippen LogP contribution in [0.15, 0.2) is 30.3 Å². The highest BCUT2D eigenvalue weighted by atomic mass is 32.1. The first-order valence-corrected chi connectivity index (χ1v) is 6.39. The number of nitrogens with one attached hydrogen (secondary N) is 3. The summed E-state index contributed by atoms with van der Waals surface area (Å²) in [6, 6.07) is 8.98. The van der Waals surface area contributed by atoms with Crippen molar-refractivity contribution < 1.29 is 4.79 Å². The summed E-state index contributed by atoms with van der Waals surface area (Å²) in [6.45, 7) is 5.09. The SMILES string of the molecule is CC(C)CCNC(=S)NNC(=O)c1ccccc1. The second kappa shape index (κ2) is 7.66. The van der Waals surface area contributed by atoms with Crippen LogP contribution in [-0.2, 0) is 0 Å². The van der Waals surface area contributed by atoms with E-state index in [9.17, 15) is 4.79 Å². The molecule has 0 fully saturated rings. The summed E-state index contributed by atoms with van der Waals surface area (Å²) in [5.74, 6) is 0.419. The van der Waals surface area contributed by atoms with Crippen molar-refractivity contribution in [1.82, 2.24) is 16.2 Å². The lowest BCUT2D eigenvalue weighted by Crippen LogP contribution is -2.47. The standard InChI is InChI=1S/C13H19N3OS/c1-10(2)8-9-14-13(18)16-15-12(17)11-6-4-3-5-7-11/h3-7,10H,8-9H2,1-2H3,(H,15,17)(H2,14,16,18). The largest absolute Gasteiger partial charge is 0.361 e. The van der Waals surface area contributed by atoms with Gasteiger partial charge in [-0.05, 0) is 36.7 Å². The van der Waals surface area contributed by atoms with E-state index in [2.05, 4.69) is 30.0 Å². The molecule has 0 saturated carbocycles. The van der Waals surface area contributed by atoms with Crippen LogP contribution in [0.2, 0.25) is 0 Å². The third kappa shape index (κ3) is 5.63. The van der Waals surface area contributed by atoms with Crippen molar-refractivity contribution in [3.05, 3.63) is 35.9 Å². The Morgan fingerprint density at radius 2 is 1.89 bits per heavy atom. The predicted molar refractivity (Wildman–Crippen MR) is 77.1 cm³/mol. The van der Waals surface area contributed by atoms with Gasteiger partial charge in [-0.2, -0.15) is 0 Å². The summed E-state index contributed by atoms with van der Waals surface area (Å²) in [6.07, 6.45) is 1.04. The zero-order valence-corrected chi connectivity index (χ0v) is 11.5. The van der Waals surface area contributed by atoms with Gasteiger partial charge >= 0.3 is 0 Å². The summed E-state index contributed by atoms with van der Waals surface area (Å²) in [7, 11) is 0. The van der Waals surface area contributed by atoms with E-state index in [-0.39, 0.29) is 5.91 Å². The highest BCUT2D eigenvalue weighted by Crippen LogP contribution is 1.97. The smallest absolute Gasteiger partial charge is 0.269 e. The van der Waals surface area contributed by atoms with Gasteiger partial charge in [0.1, 0.15) is 0 Å². The molecule has 1 amide bonds. The minimum atomic E-state index is -0.205. The fraction of sp³-hybridized carbons (Fsp3) is 0.385. The van der Waals surface area contributed by atoms with Gasteiger partial charge in [-0.1, -0.05) is 32.0 Å². The van der Waals surface area contributed by atoms with Gasteiger partial charge in [-0.15, -0.1) is 0 Å². The first-order chi connectivity index (χ1) is 8.59. The van der Waals surface area contributed by atoms with Crippen LogP contribution in [0.5, 0.6) is 0 Å². The number of carbonyl (C=O) groups is 1. The van der Waals surface area contributed by atoms with Crippen LogP contribution in [0.1, 0.15) is 30.6 Å². The van der Waals surface area contributed by atoms with Crippen LogP contribution in [-0.4, -0.2) is 17.6 Å². The lowest BCUT2D eigenvalue weighted by Gasteiger charge is -2.12. The Morgan fingerprint density at radius 1 is 1.22 bits per heavy atom. The second-order valence-corrected chi connectivity index (χ2v) is 4.79. The Kier molecular flexibility index (Phi) is 6.14. The third-order valence-electron chi connectivity index (χ3n) is 2.33. The number of amides is 1. The average molecular weight is 265 g/mol. The highest BCUT2D eigenvalue weighted by molar-refractivity contribution is 7.80. The number of hydrazine groups is 1. The lowest BCUT2D eigenvalue weighted by molar-refractivity contribution is 0.0943. The first-order valence-electron chi connectivity index (χ1n) is 5.99. The lowest BCUT2D eigenvalue weighted by atomic mass is 10.1. The van der Waals surface area contributed by atoms with Crippen LogP contribution in [0, 0.1) is 5.92 Å². The Morgan fingerprint density at radius 3 is 2.50 bits per heavy atom. The molecule has 1 aromatic carbocycles. The van der Waals surface area contributed by atoms with Crippen molar-refractivity contribution >= 4 is 23.2 Å². The van der Waals surface area contributed by atoms with E-state index in [1.807, 2.05) is 18.2 Å². The molecule has 98 valence electrons. The normalized spacial score (nSPS) is 9.94. The van der Waals surface area contributed by atoms with E-state index in [1.165, 1.54) is 0 Å². The minimum Gasteiger partial charge on any atom is -0.361 e. The second-order valence-electron chi connectivity index (χ2n) is 4.38. The Bertz CT molecular complexity index is 392. The molecule has 18 heavy (non-hydrogen) atoms. The van der Waals surface area contributed by atoms with Gasteiger partial charge in [-0.3, -0.25) is 15.6 Å². The van der Waals surface area contributed by atoms with Gasteiger partial charge in [0.05, 0.1) is 0 Å². The molecular formula is C13H19N3OS. The minimum absolute atomic E-state index is 0.205. The van der Waals surface area contributed by atoms with Gasteiger partial charge in [0.15, 0.2) is 5.11 Å². The molecule has 0 unspecified atom stereocenters. The number of benzene rings is 1. The van der Waals surface area contributed by atoms with Gasteiger partial charge in [0.2, 0.25) is 0 Å². The number of thiocarbonyl (C=S) groups is 1.